The summed E-state index contributed by atoms with van der Waals surface area (Å²) in [5.41, 5.74) is 0.975. The molecule has 1 rings (SSSR count). The van der Waals surface area contributed by atoms with E-state index in [0.29, 0.717) is 5.75 Å². The third-order valence-corrected chi connectivity index (χ3v) is 3.95. The smallest absolute Gasteiger partial charge is 0.315 e. The largest absolute Gasteiger partial charge is 0.332 e. The van der Waals surface area contributed by atoms with Crippen molar-refractivity contribution in [2.75, 3.05) is 18.6 Å². The molecule has 124 valence electrons. The van der Waals surface area contributed by atoms with Crippen molar-refractivity contribution in [1.82, 2.24) is 15.5 Å². The number of carbonyl (C=O) groups excluding carboxylic acids is 2. The Hall–Kier alpha value is -2.20. The highest BCUT2D eigenvalue weighted by Gasteiger charge is 2.25. The van der Waals surface area contributed by atoms with Crippen LogP contribution in [0.2, 0.25) is 0 Å². The first-order valence-corrected chi connectivity index (χ1v) is 8.74. The minimum atomic E-state index is -0.729. The normalized spacial score (nSPS) is 12.6. The molecule has 0 radical (unpaired) electrons. The molecule has 1 aromatic carbocycles. The number of hydrogen-bond acceptors (Lipinski definition) is 4. The van der Waals surface area contributed by atoms with Gasteiger partial charge in [0.1, 0.15) is 6.04 Å². The molecule has 0 saturated carbocycles. The van der Waals surface area contributed by atoms with Gasteiger partial charge in [0.25, 0.3) is 5.91 Å². The molecule has 23 heavy (non-hydrogen) atoms. The number of nitriles is 1. The second kappa shape index (κ2) is 9.74. The Bertz CT molecular complexity index is 559. The second-order valence-electron chi connectivity index (χ2n) is 4.94. The van der Waals surface area contributed by atoms with Crippen LogP contribution in [-0.4, -0.2) is 41.4 Å². The van der Waals surface area contributed by atoms with Crippen molar-refractivity contribution >= 4 is 23.7 Å². The van der Waals surface area contributed by atoms with Crippen LogP contribution in [0.25, 0.3) is 0 Å². The van der Waals surface area contributed by atoms with E-state index in [1.165, 1.54) is 11.8 Å². The average Bonchev–Trinajstić information content (AvgIpc) is 2.56. The summed E-state index contributed by atoms with van der Waals surface area (Å²) in [5, 5.41) is 14.4. The van der Waals surface area contributed by atoms with Crippen molar-refractivity contribution < 1.29 is 9.59 Å². The molecule has 0 aliphatic rings. The molecule has 0 bridgehead atoms. The molecule has 0 aromatic heterocycles. The Balaban J connectivity index is 2.67. The van der Waals surface area contributed by atoms with Gasteiger partial charge in [-0.05, 0) is 25.7 Å². The highest BCUT2D eigenvalue weighted by Crippen LogP contribution is 2.11. The molecule has 0 heterocycles. The minimum Gasteiger partial charge on any atom is -0.332 e. The topological polar surface area (TPSA) is 85.2 Å². The van der Waals surface area contributed by atoms with Gasteiger partial charge >= 0.3 is 6.03 Å². The van der Waals surface area contributed by atoms with Crippen LogP contribution < -0.4 is 10.6 Å². The van der Waals surface area contributed by atoms with Crippen LogP contribution in [0.3, 0.4) is 0 Å². The molecule has 3 amide bonds. The zero-order valence-electron chi connectivity index (χ0n) is 13.6. The molecule has 2 N–H and O–H groups in total. The van der Waals surface area contributed by atoms with Gasteiger partial charge in [-0.15, -0.1) is 0 Å². The second-order valence-corrected chi connectivity index (χ2v) is 5.85. The van der Waals surface area contributed by atoms with E-state index in [1.807, 2.05) is 49.7 Å². The van der Waals surface area contributed by atoms with E-state index in [1.54, 1.807) is 6.92 Å². The Labute approximate surface area is 141 Å². The lowest BCUT2D eigenvalue weighted by Gasteiger charge is -2.22. The zero-order valence-corrected chi connectivity index (χ0v) is 14.4. The number of nitrogens with one attached hydrogen (secondary N) is 2. The van der Waals surface area contributed by atoms with Crippen LogP contribution >= 0.6 is 11.8 Å². The maximum absolute atomic E-state index is 12.2. The first-order valence-electron chi connectivity index (χ1n) is 7.35. The Morgan fingerprint density at radius 1 is 1.30 bits per heavy atom. The lowest BCUT2D eigenvalue weighted by atomic mass is 10.1. The van der Waals surface area contributed by atoms with Gasteiger partial charge in [0, 0.05) is 12.3 Å². The number of nitrogens with zero attached hydrogens (tertiary/aromatic N) is 2. The summed E-state index contributed by atoms with van der Waals surface area (Å²) in [6, 6.07) is 8.21. The van der Waals surface area contributed by atoms with E-state index in [-0.39, 0.29) is 12.6 Å². The molecule has 0 aliphatic carbocycles. The third-order valence-electron chi connectivity index (χ3n) is 3.29. The van der Waals surface area contributed by atoms with Crippen molar-refractivity contribution in [2.45, 2.75) is 25.9 Å². The predicted molar refractivity (Wildman–Crippen MR) is 91.7 cm³/mol. The molecule has 0 fully saturated rings. The molecular formula is C16H22N4O2S. The molecule has 6 nitrogen and oxygen atoms in total. The number of benzene rings is 1. The van der Waals surface area contributed by atoms with Gasteiger partial charge in [-0.1, -0.05) is 30.3 Å². The highest BCUT2D eigenvalue weighted by atomic mass is 32.2. The van der Waals surface area contributed by atoms with Crippen LogP contribution in [0, 0.1) is 11.5 Å². The van der Waals surface area contributed by atoms with Crippen LogP contribution in [0.4, 0.5) is 4.79 Å². The van der Waals surface area contributed by atoms with Gasteiger partial charge < -0.3 is 10.6 Å². The van der Waals surface area contributed by atoms with E-state index < -0.39 is 18.0 Å². The lowest BCUT2D eigenvalue weighted by Crippen LogP contribution is -2.51. The van der Waals surface area contributed by atoms with E-state index >= 15 is 0 Å². The predicted octanol–water partition coefficient (Wildman–Crippen LogP) is 2.11. The Morgan fingerprint density at radius 3 is 2.48 bits per heavy atom. The van der Waals surface area contributed by atoms with Crippen molar-refractivity contribution in [2.24, 2.45) is 0 Å². The summed E-state index contributed by atoms with van der Waals surface area (Å²) in [7, 11) is 0. The standard InChI is InChI=1S/C16H22N4O2S/c1-4-20(11-17)15(21)14(10-23-3)19-16(22)18-12(2)13-8-6-5-7-9-13/h5-9,12,14H,4,10H2,1-3H3,(H2,18,19,22)/t12-,14?/m0/s1. The quantitative estimate of drug-likeness (QED) is 0.591. The third kappa shape index (κ3) is 5.83. The van der Waals surface area contributed by atoms with Gasteiger partial charge in [0.15, 0.2) is 6.19 Å². The number of carbonyl (C=O) groups is 2. The van der Waals surface area contributed by atoms with Crippen molar-refractivity contribution in [3.8, 4) is 6.19 Å². The molecule has 1 aromatic rings. The maximum atomic E-state index is 12.2. The zero-order chi connectivity index (χ0) is 17.2. The number of hydrogen-bond donors (Lipinski definition) is 2. The van der Waals surface area contributed by atoms with Crippen LogP contribution in [-0.2, 0) is 4.79 Å². The summed E-state index contributed by atoms with van der Waals surface area (Å²) in [6.45, 7) is 3.87. The molecule has 1 unspecified atom stereocenters. The number of thioether (sulfide) groups is 1. The number of amides is 3. The van der Waals surface area contributed by atoms with Crippen LogP contribution in [0.1, 0.15) is 25.5 Å². The summed E-state index contributed by atoms with van der Waals surface area (Å²) < 4.78 is 0. The SMILES string of the molecule is CCN(C#N)C(=O)C(CSC)NC(=O)N[C@@H](C)c1ccccc1. The average molecular weight is 334 g/mol. The first-order chi connectivity index (χ1) is 11.0. The molecule has 0 saturated heterocycles. The maximum Gasteiger partial charge on any atom is 0.315 e. The fourth-order valence-electron chi connectivity index (χ4n) is 2.03. The summed E-state index contributed by atoms with van der Waals surface area (Å²) >= 11 is 1.43. The minimum absolute atomic E-state index is 0.181. The van der Waals surface area contributed by atoms with Gasteiger partial charge in [-0.3, -0.25) is 4.79 Å². The Morgan fingerprint density at radius 2 is 1.96 bits per heavy atom. The monoisotopic (exact) mass is 334 g/mol. The Kier molecular flexibility index (Phi) is 7.98. The van der Waals surface area contributed by atoms with Gasteiger partial charge in [0.2, 0.25) is 0 Å². The van der Waals surface area contributed by atoms with E-state index in [9.17, 15) is 9.59 Å². The molecule has 0 spiro atoms. The lowest BCUT2D eigenvalue weighted by molar-refractivity contribution is -0.129. The number of rotatable bonds is 7. The molecular weight excluding hydrogens is 312 g/mol. The van der Waals surface area contributed by atoms with E-state index in [0.717, 1.165) is 10.5 Å². The van der Waals surface area contributed by atoms with Crippen molar-refractivity contribution in [3.05, 3.63) is 35.9 Å². The molecule has 2 atom stereocenters. The van der Waals surface area contributed by atoms with Crippen molar-refractivity contribution in [1.29, 1.82) is 5.26 Å². The molecule has 7 heteroatoms. The van der Waals surface area contributed by atoms with E-state index in [4.69, 9.17) is 5.26 Å². The van der Waals surface area contributed by atoms with Gasteiger partial charge in [-0.2, -0.15) is 17.0 Å². The van der Waals surface area contributed by atoms with Crippen LogP contribution in [0.15, 0.2) is 30.3 Å². The fraction of sp³-hybridized carbons (Fsp3) is 0.438. The molecule has 0 aliphatic heterocycles. The fourth-order valence-corrected chi connectivity index (χ4v) is 2.59. The summed E-state index contributed by atoms with van der Waals surface area (Å²) in [4.78, 5) is 25.4. The van der Waals surface area contributed by atoms with Crippen molar-refractivity contribution in [3.63, 3.8) is 0 Å². The number of urea groups is 1. The highest BCUT2D eigenvalue weighted by molar-refractivity contribution is 7.98. The summed E-state index contributed by atoms with van der Waals surface area (Å²) in [5.74, 6) is 0.0105. The van der Waals surface area contributed by atoms with Gasteiger partial charge in [-0.25, -0.2) is 9.69 Å². The first kappa shape index (κ1) is 18.8. The number of likely N-dealkylation sites (N-methyl/N-ethyl adjacent to an activating group) is 1. The van der Waals surface area contributed by atoms with E-state index in [2.05, 4.69) is 10.6 Å². The van der Waals surface area contributed by atoms with Crippen LogP contribution in [0.5, 0.6) is 0 Å². The summed E-state index contributed by atoms with van der Waals surface area (Å²) in [6.07, 6.45) is 3.68. The van der Waals surface area contributed by atoms with Gasteiger partial charge in [0.05, 0.1) is 6.04 Å².